The van der Waals surface area contributed by atoms with Crippen LogP contribution in [-0.2, 0) is 24.1 Å². The summed E-state index contributed by atoms with van der Waals surface area (Å²) in [5, 5.41) is 7.49. The second-order valence-electron chi connectivity index (χ2n) is 9.33. The molecule has 0 unspecified atom stereocenters. The third-order valence-corrected chi connectivity index (χ3v) is 7.69. The predicted molar refractivity (Wildman–Crippen MR) is 142 cm³/mol. The van der Waals surface area contributed by atoms with E-state index in [0.717, 1.165) is 12.0 Å². The summed E-state index contributed by atoms with van der Waals surface area (Å²) in [6.45, 7) is 7.13. The fourth-order valence-electron chi connectivity index (χ4n) is 3.81. The van der Waals surface area contributed by atoms with Gasteiger partial charge in [-0.2, -0.15) is 4.98 Å². The van der Waals surface area contributed by atoms with Crippen LogP contribution >= 0.6 is 23.1 Å². The van der Waals surface area contributed by atoms with Gasteiger partial charge in [-0.15, -0.1) is 11.3 Å². The molecule has 5 aromatic rings. The number of hydrogen-bond donors (Lipinski definition) is 0. The van der Waals surface area contributed by atoms with Crippen LogP contribution in [0.5, 0.6) is 0 Å². The molecule has 5 rings (SSSR count). The second kappa shape index (κ2) is 9.79. The molecular formula is C27H26N4O2S2. The zero-order valence-corrected chi connectivity index (χ0v) is 21.5. The first-order chi connectivity index (χ1) is 16.9. The molecule has 0 bridgehead atoms. The van der Waals surface area contributed by atoms with E-state index < -0.39 is 0 Å². The van der Waals surface area contributed by atoms with Gasteiger partial charge in [0.1, 0.15) is 0 Å². The van der Waals surface area contributed by atoms with Gasteiger partial charge in [0.25, 0.3) is 5.56 Å². The van der Waals surface area contributed by atoms with E-state index in [-0.39, 0.29) is 11.0 Å². The summed E-state index contributed by atoms with van der Waals surface area (Å²) < 4.78 is 7.28. The van der Waals surface area contributed by atoms with Crippen molar-refractivity contribution < 1.29 is 4.52 Å². The number of aromatic nitrogens is 4. The van der Waals surface area contributed by atoms with E-state index in [1.807, 2.05) is 42.5 Å². The van der Waals surface area contributed by atoms with Crippen LogP contribution in [0.4, 0.5) is 0 Å². The van der Waals surface area contributed by atoms with Gasteiger partial charge in [0, 0.05) is 17.0 Å². The van der Waals surface area contributed by atoms with Crippen LogP contribution in [-0.4, -0.2) is 19.7 Å². The van der Waals surface area contributed by atoms with Gasteiger partial charge in [-0.25, -0.2) is 4.98 Å². The van der Waals surface area contributed by atoms with Crippen molar-refractivity contribution in [3.63, 3.8) is 0 Å². The number of aryl methyl sites for hydroxylation is 1. The van der Waals surface area contributed by atoms with Crippen LogP contribution < -0.4 is 5.56 Å². The Morgan fingerprint density at radius 3 is 2.54 bits per heavy atom. The van der Waals surface area contributed by atoms with Crippen LogP contribution in [0.1, 0.15) is 37.1 Å². The molecule has 8 heteroatoms. The molecule has 0 atom stereocenters. The summed E-state index contributed by atoms with van der Waals surface area (Å²) in [6.07, 6.45) is 0.778. The van der Waals surface area contributed by atoms with E-state index in [1.165, 1.54) is 22.2 Å². The normalized spacial score (nSPS) is 11.9. The number of thioether (sulfide) groups is 1. The molecule has 0 amide bonds. The minimum atomic E-state index is -0.0280. The van der Waals surface area contributed by atoms with Gasteiger partial charge in [0.2, 0.25) is 11.7 Å². The Hall–Kier alpha value is -3.23. The first-order valence-electron chi connectivity index (χ1n) is 11.5. The van der Waals surface area contributed by atoms with E-state index in [4.69, 9.17) is 9.51 Å². The molecule has 0 saturated carbocycles. The van der Waals surface area contributed by atoms with Crippen LogP contribution in [0.25, 0.3) is 22.3 Å². The number of thiophene rings is 1. The highest BCUT2D eigenvalue weighted by molar-refractivity contribution is 7.98. The lowest BCUT2D eigenvalue weighted by Crippen LogP contribution is -2.24. The summed E-state index contributed by atoms with van der Waals surface area (Å²) in [6, 6.07) is 19.8. The summed E-state index contributed by atoms with van der Waals surface area (Å²) in [5.74, 6) is 1.48. The maximum atomic E-state index is 13.3. The Labute approximate surface area is 212 Å². The maximum absolute atomic E-state index is 13.3. The zero-order valence-electron chi connectivity index (χ0n) is 19.9. The maximum Gasteiger partial charge on any atom is 0.262 e. The highest BCUT2D eigenvalue weighted by atomic mass is 32.2. The smallest absolute Gasteiger partial charge is 0.262 e. The molecule has 6 nitrogen and oxygen atoms in total. The molecule has 0 aliphatic rings. The topological polar surface area (TPSA) is 73.8 Å². The van der Waals surface area contributed by atoms with Crippen LogP contribution in [0.15, 0.2) is 80.5 Å². The molecule has 35 heavy (non-hydrogen) atoms. The molecule has 2 aromatic carbocycles. The third kappa shape index (κ3) is 5.23. The first kappa shape index (κ1) is 23.5. The lowest BCUT2D eigenvalue weighted by atomic mass is 9.87. The highest BCUT2D eigenvalue weighted by Gasteiger charge is 2.16. The van der Waals surface area contributed by atoms with Crippen LogP contribution in [0.3, 0.4) is 0 Å². The molecular weight excluding hydrogens is 476 g/mol. The van der Waals surface area contributed by atoms with E-state index in [0.29, 0.717) is 40.1 Å². The van der Waals surface area contributed by atoms with Gasteiger partial charge in [0.05, 0.1) is 16.7 Å². The Morgan fingerprint density at radius 1 is 1.00 bits per heavy atom. The van der Waals surface area contributed by atoms with Crippen LogP contribution in [0, 0.1) is 0 Å². The molecule has 3 aromatic heterocycles. The van der Waals surface area contributed by atoms with Crippen molar-refractivity contribution in [1.29, 1.82) is 0 Å². The quantitative estimate of drug-likeness (QED) is 0.191. The zero-order chi connectivity index (χ0) is 24.4. The monoisotopic (exact) mass is 502 g/mol. The number of fused-ring (bicyclic) bond motifs is 1. The largest absolute Gasteiger partial charge is 0.338 e. The van der Waals surface area contributed by atoms with Gasteiger partial charge < -0.3 is 4.52 Å². The van der Waals surface area contributed by atoms with Gasteiger partial charge in [0.15, 0.2) is 5.16 Å². The Balaban J connectivity index is 1.37. The average molecular weight is 503 g/mol. The van der Waals surface area contributed by atoms with Crippen molar-refractivity contribution in [3.8, 4) is 11.4 Å². The van der Waals surface area contributed by atoms with Crippen molar-refractivity contribution >= 4 is 34.0 Å². The molecule has 0 saturated heterocycles. The second-order valence-corrected chi connectivity index (χ2v) is 11.3. The molecule has 3 heterocycles. The third-order valence-electron chi connectivity index (χ3n) is 5.79. The number of para-hydroxylation sites is 1. The Bertz CT molecular complexity index is 1500. The molecule has 0 fully saturated rings. The van der Waals surface area contributed by atoms with E-state index in [9.17, 15) is 4.79 Å². The molecule has 0 N–H and O–H groups in total. The molecule has 178 valence electrons. The number of hydrogen-bond acceptors (Lipinski definition) is 7. The molecule has 0 aliphatic heterocycles. The SMILES string of the molecule is CC(C)(C)c1ccc(-c2noc(CSc3nc4ccccc4c(=O)n3CCc3cccs3)n2)cc1. The van der Waals surface area contributed by atoms with Crippen molar-refractivity contribution in [2.24, 2.45) is 0 Å². The van der Waals surface area contributed by atoms with Gasteiger partial charge in [-0.1, -0.05) is 80.2 Å². The van der Waals surface area contributed by atoms with E-state index >= 15 is 0 Å². The fraction of sp³-hybridized carbons (Fsp3) is 0.259. The number of benzene rings is 2. The standard InChI is InChI=1S/C27H26N4O2S2/c1-27(2,3)19-12-10-18(11-13-19)24-29-23(33-30-24)17-35-26-28-22-9-5-4-8-21(22)25(32)31(26)15-14-20-7-6-16-34-20/h4-13,16H,14-15,17H2,1-3H3. The minimum Gasteiger partial charge on any atom is -0.338 e. The fourth-order valence-corrected chi connectivity index (χ4v) is 5.37. The van der Waals surface area contributed by atoms with Gasteiger partial charge in [-0.3, -0.25) is 9.36 Å². The lowest BCUT2D eigenvalue weighted by Gasteiger charge is -2.18. The summed E-state index contributed by atoms with van der Waals surface area (Å²) in [5.41, 5.74) is 2.92. The highest BCUT2D eigenvalue weighted by Crippen LogP contribution is 2.27. The molecule has 0 spiro atoms. The predicted octanol–water partition coefficient (Wildman–Crippen LogP) is 6.34. The average Bonchev–Trinajstić information content (AvgIpc) is 3.54. The number of nitrogens with zero attached hydrogens (tertiary/aromatic N) is 4. The molecule has 0 radical (unpaired) electrons. The summed E-state index contributed by atoms with van der Waals surface area (Å²) in [4.78, 5) is 23.9. The van der Waals surface area contributed by atoms with Gasteiger partial charge in [-0.05, 0) is 41.0 Å². The Morgan fingerprint density at radius 2 is 1.80 bits per heavy atom. The minimum absolute atomic E-state index is 0.0280. The molecule has 0 aliphatic carbocycles. The Kier molecular flexibility index (Phi) is 6.58. The summed E-state index contributed by atoms with van der Waals surface area (Å²) >= 11 is 3.13. The van der Waals surface area contributed by atoms with Crippen molar-refractivity contribution in [2.45, 2.75) is 50.1 Å². The lowest BCUT2D eigenvalue weighted by molar-refractivity contribution is 0.391. The van der Waals surface area contributed by atoms with Crippen molar-refractivity contribution in [1.82, 2.24) is 19.7 Å². The van der Waals surface area contributed by atoms with E-state index in [1.54, 1.807) is 15.9 Å². The van der Waals surface area contributed by atoms with Crippen molar-refractivity contribution in [3.05, 3.63) is 92.7 Å². The van der Waals surface area contributed by atoms with Crippen molar-refractivity contribution in [2.75, 3.05) is 0 Å². The van der Waals surface area contributed by atoms with E-state index in [2.05, 4.69) is 54.5 Å². The summed E-state index contributed by atoms with van der Waals surface area (Å²) in [7, 11) is 0. The number of rotatable bonds is 7. The van der Waals surface area contributed by atoms with Crippen LogP contribution in [0.2, 0.25) is 0 Å². The first-order valence-corrected chi connectivity index (χ1v) is 13.3. The van der Waals surface area contributed by atoms with Gasteiger partial charge >= 0.3 is 0 Å².